The van der Waals surface area contributed by atoms with Gasteiger partial charge in [0.15, 0.2) is 0 Å². The van der Waals surface area contributed by atoms with Gasteiger partial charge in [0.1, 0.15) is 31.7 Å². The zero-order chi connectivity index (χ0) is 47.1. The summed E-state index contributed by atoms with van der Waals surface area (Å²) in [6.45, 7) is -0.181. The van der Waals surface area contributed by atoms with E-state index in [1.807, 2.05) is 23.1 Å². The number of aromatic amines is 1. The van der Waals surface area contributed by atoms with E-state index in [-0.39, 0.29) is 150 Å². The second kappa shape index (κ2) is 29.4. The van der Waals surface area contributed by atoms with Gasteiger partial charge in [-0.2, -0.15) is 4.98 Å². The zero-order valence-corrected chi connectivity index (χ0v) is 45.7. The Morgan fingerprint density at radius 3 is 1.35 bits per heavy atom. The van der Waals surface area contributed by atoms with Gasteiger partial charge < -0.3 is 11.6 Å². The summed E-state index contributed by atoms with van der Waals surface area (Å²) >= 11 is 8.60. The van der Waals surface area contributed by atoms with Crippen molar-refractivity contribution in [3.8, 4) is 22.7 Å². The molecule has 8 aromatic rings. The first-order valence-electron chi connectivity index (χ1n) is 18.6. The van der Waals surface area contributed by atoms with Crippen molar-refractivity contribution in [3.05, 3.63) is 189 Å². The number of hydrogen-bond donors (Lipinski definition) is 1. The molecular formula is C43H42FIK2N8O9S2. The molecule has 336 valence electrons. The van der Waals surface area contributed by atoms with Crippen molar-refractivity contribution >= 4 is 75.1 Å². The van der Waals surface area contributed by atoms with Crippen molar-refractivity contribution in [3.63, 3.8) is 0 Å². The maximum absolute atomic E-state index is 13.5. The third-order valence-corrected chi connectivity index (χ3v) is 9.83. The molecule has 0 saturated carbocycles. The average Bonchev–Trinajstić information content (AvgIpc) is 3.31. The van der Waals surface area contributed by atoms with Crippen molar-refractivity contribution in [2.24, 2.45) is 14.1 Å². The Kier molecular flexibility index (Phi) is 26.1. The number of fused-ring (bicyclic) bond motifs is 2. The molecule has 66 heavy (non-hydrogen) atoms. The summed E-state index contributed by atoms with van der Waals surface area (Å²) in [5.41, 5.74) is -0.948. The molecule has 0 aliphatic rings. The summed E-state index contributed by atoms with van der Waals surface area (Å²) in [5.74, 6) is 0. The van der Waals surface area contributed by atoms with Crippen LogP contribution in [0.3, 0.4) is 0 Å². The Bertz CT molecular complexity index is 3330. The van der Waals surface area contributed by atoms with E-state index >= 15 is 0 Å². The molecule has 0 amide bonds. The number of carbonyl (C=O) groups excluding carboxylic acids is 1. The van der Waals surface area contributed by atoms with Crippen molar-refractivity contribution in [2.45, 2.75) is 12.5 Å². The minimum absolute atomic E-state index is 0. The fourth-order valence-electron chi connectivity index (χ4n) is 6.24. The minimum Gasteiger partial charge on any atom is -1.00 e. The number of halogens is 2. The molecule has 0 spiro atoms. The van der Waals surface area contributed by atoms with Gasteiger partial charge in [0.2, 0.25) is 0 Å². The number of nitrogens with zero attached hydrogens (tertiary/aromatic N) is 7. The van der Waals surface area contributed by atoms with Crippen LogP contribution in [-0.2, 0) is 23.8 Å². The van der Waals surface area contributed by atoms with Crippen LogP contribution in [0.25, 0.3) is 44.8 Å². The van der Waals surface area contributed by atoms with Gasteiger partial charge >= 0.3 is 126 Å². The van der Waals surface area contributed by atoms with Crippen LogP contribution in [-0.4, -0.2) is 62.2 Å². The Morgan fingerprint density at radius 2 is 1.02 bits per heavy atom. The Balaban J connectivity index is 0.00000107. The van der Waals surface area contributed by atoms with Gasteiger partial charge in [0.25, 0.3) is 17.6 Å². The van der Waals surface area contributed by atoms with Crippen LogP contribution in [0.4, 0.5) is 4.39 Å². The van der Waals surface area contributed by atoms with E-state index in [1.54, 1.807) is 109 Å². The number of para-hydroxylation sites is 4. The average molecular weight is 1100 g/mol. The fourth-order valence-corrected chi connectivity index (χ4v) is 7.06. The van der Waals surface area contributed by atoms with Gasteiger partial charge in [0.05, 0.1) is 31.3 Å². The number of benzene rings is 4. The van der Waals surface area contributed by atoms with Gasteiger partial charge in [-0.05, 0) is 59.7 Å². The number of alkyl halides is 2. The Labute approximate surface area is 486 Å². The number of carbonyl (C=O) groups is 1. The Morgan fingerprint density at radius 1 is 0.697 bits per heavy atom. The molecule has 8 rings (SSSR count). The van der Waals surface area contributed by atoms with E-state index in [2.05, 4.69) is 37.4 Å². The van der Waals surface area contributed by atoms with Crippen LogP contribution in [0, 0.1) is 4.64 Å². The first-order valence-corrected chi connectivity index (χ1v) is 21.7. The topological polar surface area (TPSA) is 210 Å². The van der Waals surface area contributed by atoms with Gasteiger partial charge in [-0.3, -0.25) is 32.9 Å². The fraction of sp³-hybridized carbons (Fsp3) is 0.140. The monoisotopic (exact) mass is 1100 g/mol. The van der Waals surface area contributed by atoms with Crippen molar-refractivity contribution in [1.29, 1.82) is 0 Å². The maximum Gasteiger partial charge on any atom is 1.00 e. The van der Waals surface area contributed by atoms with E-state index in [4.69, 9.17) is 23.6 Å². The number of aryl methyl sites for hydroxylation is 2. The maximum atomic E-state index is 13.5. The number of aromatic nitrogens is 8. The van der Waals surface area contributed by atoms with Gasteiger partial charge in [0, 0.05) is 14.1 Å². The number of nitrogens with one attached hydrogen (secondary N) is 1. The Hall–Kier alpha value is -3.55. The molecule has 0 bridgehead atoms. The molecule has 17 nitrogen and oxygen atoms in total. The van der Waals surface area contributed by atoms with E-state index in [0.717, 1.165) is 9.13 Å². The summed E-state index contributed by atoms with van der Waals surface area (Å²) in [5, 5.41) is 9.04. The summed E-state index contributed by atoms with van der Waals surface area (Å²) in [7, 11) is 1.99. The summed E-state index contributed by atoms with van der Waals surface area (Å²) in [6.07, 6.45) is 1.74. The first kappa shape index (κ1) is 58.6. The first-order chi connectivity index (χ1) is 30.9. The van der Waals surface area contributed by atoms with Crippen LogP contribution in [0.1, 0.15) is 10.2 Å². The van der Waals surface area contributed by atoms with Gasteiger partial charge in [-0.1, -0.05) is 115 Å². The number of H-pyrrole nitrogens is 1. The standard InChI is InChI=1S/C20H16N4O3S.C19H14N4O3S.CH3F.CH3I.CH2O3.CH4.2K.H/c1-22-17-15(16(28-2)21-19(22)26)18(25)24(14-11-7-4-8-12-14)20(27)23(17)13-9-5-3-6-10-13;1-21-16-14(15(27)20-18(21)25)17(24)23(13-10-6-3-7-11-13)19(26)22(16)12-8-4-2-5-9-12;2*1-2;2-1-4-3;;;;/h3-12H,1-2H3;2-11H,1H3,(H,20,25,27);2*1H3;1,3H;1H4;;;/q;;;;;;2*+1;-1/p-1/i;;1D;;;;;;. The molecule has 0 aliphatic heterocycles. The molecule has 4 aromatic carbocycles. The number of thioether (sulfide) groups is 1. The number of rotatable bonds is 6. The van der Waals surface area contributed by atoms with E-state index < -0.39 is 41.0 Å². The van der Waals surface area contributed by atoms with Crippen LogP contribution < -0.4 is 142 Å². The van der Waals surface area contributed by atoms with Crippen molar-refractivity contribution < 1.29 is 125 Å². The summed E-state index contributed by atoms with van der Waals surface area (Å²) in [6, 6.07) is 35.0. The van der Waals surface area contributed by atoms with E-state index in [9.17, 15) is 33.2 Å². The molecule has 0 fully saturated rings. The predicted molar refractivity (Wildman–Crippen MR) is 257 cm³/mol. The van der Waals surface area contributed by atoms with Crippen molar-refractivity contribution in [2.75, 3.05) is 18.3 Å². The SMILES string of the molecule is C.CI.CSc1nc(=O)n(C)c2c1c(=O)n(-c1ccccc1)c(=O)n2-c1ccccc1.Cn1c(=O)[nH]c(=S)c2c(=O)n(-c3ccccc3)c(=O)n(-c3ccccc3)c21.O=CO[O-].[2H]CF.[H-].[K+].[K+]. The second-order valence-corrected chi connectivity index (χ2v) is 13.4. The molecule has 23 heteroatoms. The third-order valence-electron chi connectivity index (χ3n) is 8.85. The largest absolute Gasteiger partial charge is 1.00 e. The smallest absolute Gasteiger partial charge is 1.00 e. The molecule has 0 unspecified atom stereocenters. The van der Waals surface area contributed by atoms with Crippen LogP contribution in [0.5, 0.6) is 0 Å². The summed E-state index contributed by atoms with van der Waals surface area (Å²) in [4.78, 5) is 97.7. The quantitative estimate of drug-likeness (QED) is 0.0237. The zero-order valence-electron chi connectivity index (χ0n) is 37.7. The van der Waals surface area contributed by atoms with Gasteiger partial charge in [-0.25, -0.2) is 37.4 Å². The predicted octanol–water partition coefficient (Wildman–Crippen LogP) is -1.32. The van der Waals surface area contributed by atoms with E-state index in [1.165, 1.54) is 44.1 Å². The molecule has 4 aromatic heterocycles. The number of hydrogen-bond acceptors (Lipinski definition) is 12. The van der Waals surface area contributed by atoms with Crippen molar-refractivity contribution in [1.82, 2.24) is 37.4 Å². The minimum atomic E-state index is -1.00. The van der Waals surface area contributed by atoms with Gasteiger partial charge in [-0.15, -0.1) is 11.8 Å². The van der Waals surface area contributed by atoms with Crippen LogP contribution >= 0.6 is 46.6 Å². The molecule has 0 radical (unpaired) electrons. The molecule has 1 N–H and O–H groups in total. The molecule has 0 atom stereocenters. The van der Waals surface area contributed by atoms with E-state index in [0.29, 0.717) is 22.7 Å². The molecular weight excluding hydrogens is 1060 g/mol. The normalized spacial score (nSPS) is 9.89. The molecule has 0 aliphatic carbocycles. The van der Waals surface area contributed by atoms with Crippen LogP contribution in [0.2, 0.25) is 0 Å². The third kappa shape index (κ3) is 13.2. The molecule has 0 saturated heterocycles. The molecule has 4 heterocycles. The second-order valence-electron chi connectivity index (χ2n) is 12.2. The summed E-state index contributed by atoms with van der Waals surface area (Å²) < 4.78 is 22.8. The van der Waals surface area contributed by atoms with Crippen LogP contribution in [0.15, 0.2) is 155 Å².